The van der Waals surface area contributed by atoms with Crippen LogP contribution >= 0.6 is 0 Å². The molecule has 1 aromatic rings. The Kier molecular flexibility index (Phi) is 3.56. The highest BCUT2D eigenvalue weighted by atomic mass is 32.2. The quantitative estimate of drug-likeness (QED) is 0.922. The fraction of sp³-hybridized carbons (Fsp3) is 0.467. The highest BCUT2D eigenvalue weighted by molar-refractivity contribution is 7.94. The molecule has 0 aliphatic carbocycles. The van der Waals surface area contributed by atoms with Gasteiger partial charge in [0, 0.05) is 23.9 Å². The van der Waals surface area contributed by atoms with Gasteiger partial charge in [-0.1, -0.05) is 25.1 Å². The molecule has 2 atom stereocenters. The van der Waals surface area contributed by atoms with E-state index in [1.54, 1.807) is 6.08 Å². The Morgan fingerprint density at radius 3 is 3.00 bits per heavy atom. The topological polar surface area (TPSA) is 55.4 Å². The van der Waals surface area contributed by atoms with Crippen LogP contribution in [0.15, 0.2) is 29.7 Å². The molecule has 108 valence electrons. The summed E-state index contributed by atoms with van der Waals surface area (Å²) in [6.45, 7) is 2.86. The van der Waals surface area contributed by atoms with E-state index >= 15 is 0 Å². The molecule has 0 saturated heterocycles. The molecule has 5 heteroatoms. The molecule has 0 saturated carbocycles. The first-order valence-electron chi connectivity index (χ1n) is 7.00. The number of fused-ring (bicyclic) bond motifs is 1. The molecule has 0 radical (unpaired) electrons. The zero-order valence-corrected chi connectivity index (χ0v) is 12.3. The van der Waals surface area contributed by atoms with Crippen LogP contribution < -0.4 is 10.1 Å². The Labute approximate surface area is 119 Å². The van der Waals surface area contributed by atoms with Crippen LogP contribution in [0.2, 0.25) is 0 Å². The van der Waals surface area contributed by atoms with Crippen LogP contribution in [0.25, 0.3) is 0 Å². The molecule has 4 nitrogen and oxygen atoms in total. The predicted octanol–water partition coefficient (Wildman–Crippen LogP) is 1.97. The molecule has 0 amide bonds. The zero-order valence-electron chi connectivity index (χ0n) is 11.5. The molecule has 2 unspecified atom stereocenters. The maximum absolute atomic E-state index is 11.5. The maximum Gasteiger partial charge on any atom is 0.173 e. The van der Waals surface area contributed by atoms with E-state index in [1.165, 1.54) is 16.5 Å². The molecule has 2 aliphatic rings. The third-order valence-electron chi connectivity index (χ3n) is 3.87. The Balaban J connectivity index is 1.75. The third kappa shape index (κ3) is 2.74. The molecule has 2 aliphatic heterocycles. The lowest BCUT2D eigenvalue weighted by Crippen LogP contribution is -2.33. The molecule has 0 spiro atoms. The van der Waals surface area contributed by atoms with Crippen molar-refractivity contribution in [3.05, 3.63) is 40.8 Å². The summed E-state index contributed by atoms with van der Waals surface area (Å²) < 4.78 is 28.4. The van der Waals surface area contributed by atoms with Crippen LogP contribution in [0.1, 0.15) is 30.5 Å². The van der Waals surface area contributed by atoms with Crippen LogP contribution in [0.5, 0.6) is 5.75 Å². The monoisotopic (exact) mass is 293 g/mol. The van der Waals surface area contributed by atoms with Crippen LogP contribution in [-0.2, 0) is 16.3 Å². The number of sulfone groups is 1. The smallest absolute Gasteiger partial charge is 0.173 e. The van der Waals surface area contributed by atoms with Crippen molar-refractivity contribution >= 4 is 9.84 Å². The SMILES string of the molecule is CCC(NC1C=CS(=O)(=O)C1)c1ccc2c(c1)CCO2. The Bertz CT molecular complexity index is 637. The Morgan fingerprint density at radius 1 is 1.45 bits per heavy atom. The van der Waals surface area contributed by atoms with Crippen molar-refractivity contribution in [3.63, 3.8) is 0 Å². The van der Waals surface area contributed by atoms with Gasteiger partial charge in [0.1, 0.15) is 5.75 Å². The number of benzene rings is 1. The molecule has 1 N–H and O–H groups in total. The van der Waals surface area contributed by atoms with Gasteiger partial charge in [0.2, 0.25) is 0 Å². The lowest BCUT2D eigenvalue weighted by atomic mass is 10.00. The lowest BCUT2D eigenvalue weighted by molar-refractivity contribution is 0.356. The van der Waals surface area contributed by atoms with Gasteiger partial charge in [-0.25, -0.2) is 8.42 Å². The van der Waals surface area contributed by atoms with Gasteiger partial charge in [0.25, 0.3) is 0 Å². The standard InChI is InChI=1S/C15H19NO3S/c1-2-14(16-13-6-8-20(17,18)10-13)11-3-4-15-12(9-11)5-7-19-15/h3-4,6,8-9,13-14,16H,2,5,7,10H2,1H3. The maximum atomic E-state index is 11.5. The van der Waals surface area contributed by atoms with Crippen molar-refractivity contribution in [2.45, 2.75) is 31.8 Å². The van der Waals surface area contributed by atoms with Crippen LogP contribution in [-0.4, -0.2) is 26.8 Å². The first kappa shape index (κ1) is 13.6. The first-order valence-corrected chi connectivity index (χ1v) is 8.71. The fourth-order valence-corrected chi connectivity index (χ4v) is 4.06. The number of hydrogen-bond acceptors (Lipinski definition) is 4. The molecule has 0 bridgehead atoms. The Hall–Kier alpha value is -1.33. The largest absolute Gasteiger partial charge is 0.493 e. The van der Waals surface area contributed by atoms with E-state index in [4.69, 9.17) is 4.74 Å². The second kappa shape index (κ2) is 5.22. The van der Waals surface area contributed by atoms with E-state index < -0.39 is 9.84 Å². The predicted molar refractivity (Wildman–Crippen MR) is 78.5 cm³/mol. The molecule has 0 fully saturated rings. The van der Waals surface area contributed by atoms with Gasteiger partial charge in [0.15, 0.2) is 9.84 Å². The average Bonchev–Trinajstić information content (AvgIpc) is 3.01. The molecule has 3 rings (SSSR count). The van der Waals surface area contributed by atoms with E-state index in [-0.39, 0.29) is 17.8 Å². The van der Waals surface area contributed by atoms with Crippen molar-refractivity contribution in [1.29, 1.82) is 0 Å². The number of rotatable bonds is 4. The van der Waals surface area contributed by atoms with Gasteiger partial charge in [-0.2, -0.15) is 0 Å². The van der Waals surface area contributed by atoms with E-state index in [2.05, 4.69) is 24.4 Å². The third-order valence-corrected chi connectivity index (χ3v) is 5.27. The molecule has 20 heavy (non-hydrogen) atoms. The highest BCUT2D eigenvalue weighted by Gasteiger charge is 2.24. The van der Waals surface area contributed by atoms with Gasteiger partial charge in [-0.15, -0.1) is 0 Å². The fourth-order valence-electron chi connectivity index (χ4n) is 2.81. The van der Waals surface area contributed by atoms with E-state index in [0.717, 1.165) is 25.2 Å². The van der Waals surface area contributed by atoms with Crippen molar-refractivity contribution in [2.24, 2.45) is 0 Å². The van der Waals surface area contributed by atoms with Crippen LogP contribution in [0.3, 0.4) is 0 Å². The summed E-state index contributed by atoms with van der Waals surface area (Å²) in [4.78, 5) is 0. The number of nitrogens with one attached hydrogen (secondary N) is 1. The molecular formula is C15H19NO3S. The summed E-state index contributed by atoms with van der Waals surface area (Å²) >= 11 is 0. The average molecular weight is 293 g/mol. The second-order valence-corrected chi connectivity index (χ2v) is 7.29. The Morgan fingerprint density at radius 2 is 2.30 bits per heavy atom. The van der Waals surface area contributed by atoms with Gasteiger partial charge >= 0.3 is 0 Å². The van der Waals surface area contributed by atoms with Crippen molar-refractivity contribution in [2.75, 3.05) is 12.4 Å². The summed E-state index contributed by atoms with van der Waals surface area (Å²) in [7, 11) is -3.00. The minimum atomic E-state index is -3.00. The van der Waals surface area contributed by atoms with Gasteiger partial charge < -0.3 is 10.1 Å². The molecule has 1 aromatic carbocycles. The van der Waals surface area contributed by atoms with Gasteiger partial charge in [0.05, 0.1) is 12.4 Å². The van der Waals surface area contributed by atoms with Gasteiger partial charge in [-0.3, -0.25) is 0 Å². The minimum absolute atomic E-state index is 0.0885. The summed E-state index contributed by atoms with van der Waals surface area (Å²) in [6.07, 6.45) is 3.62. The van der Waals surface area contributed by atoms with Crippen molar-refractivity contribution < 1.29 is 13.2 Å². The zero-order chi connectivity index (χ0) is 14.2. The molecular weight excluding hydrogens is 274 g/mol. The molecule has 2 heterocycles. The first-order chi connectivity index (χ1) is 9.57. The minimum Gasteiger partial charge on any atom is -0.493 e. The van der Waals surface area contributed by atoms with Crippen LogP contribution in [0.4, 0.5) is 0 Å². The van der Waals surface area contributed by atoms with E-state index in [0.29, 0.717) is 0 Å². The highest BCUT2D eigenvalue weighted by Crippen LogP contribution is 2.29. The molecule has 0 aromatic heterocycles. The summed E-state index contributed by atoms with van der Waals surface area (Å²) in [5.41, 5.74) is 2.45. The van der Waals surface area contributed by atoms with Gasteiger partial charge in [-0.05, 0) is 23.6 Å². The summed E-state index contributed by atoms with van der Waals surface area (Å²) in [6, 6.07) is 6.34. The van der Waals surface area contributed by atoms with E-state index in [9.17, 15) is 8.42 Å². The van der Waals surface area contributed by atoms with Crippen molar-refractivity contribution in [3.8, 4) is 5.75 Å². The van der Waals surface area contributed by atoms with Crippen molar-refractivity contribution in [1.82, 2.24) is 5.32 Å². The summed E-state index contributed by atoms with van der Waals surface area (Å²) in [5, 5.41) is 4.74. The second-order valence-electron chi connectivity index (χ2n) is 5.36. The van der Waals surface area contributed by atoms with E-state index in [1.807, 2.05) is 6.07 Å². The number of ether oxygens (including phenoxy) is 1. The van der Waals surface area contributed by atoms with Crippen LogP contribution in [0, 0.1) is 0 Å². The summed E-state index contributed by atoms with van der Waals surface area (Å²) in [5.74, 6) is 1.14. The lowest BCUT2D eigenvalue weighted by Gasteiger charge is -2.21. The normalized spacial score (nSPS) is 24.4. The number of hydrogen-bond donors (Lipinski definition) is 1.